The number of thiazole rings is 1. The molecule has 0 aliphatic rings. The minimum atomic E-state index is 0.895. The minimum Gasteiger partial charge on any atom is -0.456 e. The van der Waals surface area contributed by atoms with Crippen LogP contribution in [-0.2, 0) is 0 Å². The second kappa shape index (κ2) is 3.68. The van der Waals surface area contributed by atoms with E-state index in [0.29, 0.717) is 0 Å². The molecule has 0 aliphatic carbocycles. The number of hydrogen-bond donors (Lipinski definition) is 0. The van der Waals surface area contributed by atoms with Gasteiger partial charge in [0, 0.05) is 10.9 Å². The Bertz CT molecular complexity index is 811. The van der Waals surface area contributed by atoms with Crippen molar-refractivity contribution in [1.29, 1.82) is 0 Å². The van der Waals surface area contributed by atoms with Crippen molar-refractivity contribution in [2.75, 3.05) is 0 Å². The fourth-order valence-electron chi connectivity index (χ4n) is 2.14. The van der Waals surface area contributed by atoms with Gasteiger partial charge in [-0.25, -0.2) is 4.98 Å². The van der Waals surface area contributed by atoms with E-state index in [0.717, 1.165) is 27.8 Å². The third-order valence-corrected chi connectivity index (χ3v) is 3.85. The van der Waals surface area contributed by atoms with E-state index in [9.17, 15) is 0 Å². The number of benzene rings is 2. The molecule has 0 amide bonds. The van der Waals surface area contributed by atoms with Crippen molar-refractivity contribution in [2.45, 2.75) is 0 Å². The molecule has 18 heavy (non-hydrogen) atoms. The van der Waals surface area contributed by atoms with Gasteiger partial charge in [-0.2, -0.15) is 0 Å². The highest BCUT2D eigenvalue weighted by Gasteiger charge is 2.07. The van der Waals surface area contributed by atoms with Gasteiger partial charge < -0.3 is 4.42 Å². The molecular formula is C15H9NOS. The quantitative estimate of drug-likeness (QED) is 0.489. The van der Waals surface area contributed by atoms with Crippen LogP contribution >= 0.6 is 11.3 Å². The summed E-state index contributed by atoms with van der Waals surface area (Å²) in [6, 6.07) is 16.4. The third-order valence-electron chi connectivity index (χ3n) is 3.04. The second-order valence-corrected chi connectivity index (χ2v) is 5.07. The number of nitrogens with zero attached hydrogens (tertiary/aromatic N) is 1. The predicted molar refractivity (Wildman–Crippen MR) is 74.8 cm³/mol. The highest BCUT2D eigenvalue weighted by atomic mass is 32.1. The van der Waals surface area contributed by atoms with Crippen LogP contribution in [0.2, 0.25) is 0 Å². The molecule has 0 saturated carbocycles. The summed E-state index contributed by atoms with van der Waals surface area (Å²) in [4.78, 5) is 4.34. The van der Waals surface area contributed by atoms with Gasteiger partial charge in [-0.15, -0.1) is 11.3 Å². The summed E-state index contributed by atoms with van der Waals surface area (Å²) in [5.74, 6) is 0.895. The van der Waals surface area contributed by atoms with E-state index in [-0.39, 0.29) is 0 Å². The largest absolute Gasteiger partial charge is 0.456 e. The number of furan rings is 1. The Morgan fingerprint density at radius 1 is 1.00 bits per heavy atom. The first-order valence-corrected chi connectivity index (χ1v) is 6.60. The first-order chi connectivity index (χ1) is 8.90. The van der Waals surface area contributed by atoms with Crippen LogP contribution in [0, 0.1) is 0 Å². The first-order valence-electron chi connectivity index (χ1n) is 5.72. The van der Waals surface area contributed by atoms with Gasteiger partial charge in [0.25, 0.3) is 0 Å². The van der Waals surface area contributed by atoms with E-state index in [4.69, 9.17) is 4.42 Å². The fourth-order valence-corrected chi connectivity index (χ4v) is 2.79. The molecule has 2 aromatic carbocycles. The van der Waals surface area contributed by atoms with Gasteiger partial charge in [0.2, 0.25) is 0 Å². The van der Waals surface area contributed by atoms with Gasteiger partial charge in [-0.1, -0.05) is 18.2 Å². The highest BCUT2D eigenvalue weighted by Crippen LogP contribution is 2.30. The van der Waals surface area contributed by atoms with Crippen molar-refractivity contribution in [3.05, 3.63) is 54.0 Å². The zero-order valence-electron chi connectivity index (χ0n) is 9.46. The monoisotopic (exact) mass is 251 g/mol. The lowest BCUT2D eigenvalue weighted by molar-refractivity contribution is 0.631. The maximum atomic E-state index is 5.86. The van der Waals surface area contributed by atoms with E-state index in [2.05, 4.69) is 35.3 Å². The molecule has 3 heteroatoms. The number of rotatable bonds is 1. The molecule has 4 rings (SSSR count). The average molecular weight is 251 g/mol. The second-order valence-electron chi connectivity index (χ2n) is 4.18. The molecule has 2 heterocycles. The van der Waals surface area contributed by atoms with Crippen LogP contribution in [0.3, 0.4) is 0 Å². The average Bonchev–Trinajstić information content (AvgIpc) is 3.04. The summed E-state index contributed by atoms with van der Waals surface area (Å²) in [5, 5.41) is 1.13. The van der Waals surface area contributed by atoms with Gasteiger partial charge >= 0.3 is 0 Å². The summed E-state index contributed by atoms with van der Waals surface area (Å²) in [7, 11) is 0. The fraction of sp³-hybridized carbons (Fsp3) is 0. The van der Waals surface area contributed by atoms with Gasteiger partial charge in [-0.05, 0) is 30.3 Å². The maximum absolute atomic E-state index is 5.86. The molecule has 0 atom stereocenters. The standard InChI is InChI=1S/C15H9NOS/c1-2-4-13-10(3-1)8-14(17-13)11-5-6-15-12(7-11)16-9-18-15/h1-9H. The molecule has 2 aromatic heterocycles. The summed E-state index contributed by atoms with van der Waals surface area (Å²) in [6.07, 6.45) is 0. The van der Waals surface area contributed by atoms with E-state index >= 15 is 0 Å². The van der Waals surface area contributed by atoms with Crippen molar-refractivity contribution >= 4 is 32.5 Å². The molecule has 0 saturated heterocycles. The summed E-state index contributed by atoms with van der Waals surface area (Å²) < 4.78 is 7.06. The van der Waals surface area contributed by atoms with Crippen LogP contribution in [-0.4, -0.2) is 4.98 Å². The van der Waals surface area contributed by atoms with Gasteiger partial charge in [0.15, 0.2) is 0 Å². The van der Waals surface area contributed by atoms with Crippen molar-refractivity contribution in [3.63, 3.8) is 0 Å². The molecule has 0 fully saturated rings. The Hall–Kier alpha value is -2.13. The van der Waals surface area contributed by atoms with E-state index < -0.39 is 0 Å². The number of aromatic nitrogens is 1. The Balaban J connectivity index is 1.94. The normalized spacial score (nSPS) is 11.3. The zero-order valence-corrected chi connectivity index (χ0v) is 10.3. The molecular weight excluding hydrogens is 242 g/mol. The van der Waals surface area contributed by atoms with Gasteiger partial charge in [0.1, 0.15) is 11.3 Å². The van der Waals surface area contributed by atoms with Crippen LogP contribution in [0.15, 0.2) is 58.5 Å². The molecule has 86 valence electrons. The molecule has 0 N–H and O–H groups in total. The van der Waals surface area contributed by atoms with E-state index in [1.54, 1.807) is 11.3 Å². The van der Waals surface area contributed by atoms with Crippen LogP contribution in [0.1, 0.15) is 0 Å². The Kier molecular flexibility index (Phi) is 2.02. The molecule has 0 radical (unpaired) electrons. The number of para-hydroxylation sites is 1. The lowest BCUT2D eigenvalue weighted by atomic mass is 10.1. The lowest BCUT2D eigenvalue weighted by Gasteiger charge is -1.95. The lowest BCUT2D eigenvalue weighted by Crippen LogP contribution is -1.73. The third kappa shape index (κ3) is 1.45. The summed E-state index contributed by atoms with van der Waals surface area (Å²) in [6.45, 7) is 0. The highest BCUT2D eigenvalue weighted by molar-refractivity contribution is 7.16. The topological polar surface area (TPSA) is 26.0 Å². The molecule has 0 unspecified atom stereocenters. The molecule has 4 aromatic rings. The maximum Gasteiger partial charge on any atom is 0.135 e. The van der Waals surface area contributed by atoms with Crippen molar-refractivity contribution < 1.29 is 4.42 Å². The Labute approximate surface area is 108 Å². The van der Waals surface area contributed by atoms with Crippen molar-refractivity contribution in [2.24, 2.45) is 0 Å². The summed E-state index contributed by atoms with van der Waals surface area (Å²) >= 11 is 1.65. The Morgan fingerprint density at radius 2 is 1.94 bits per heavy atom. The van der Waals surface area contributed by atoms with E-state index in [1.165, 1.54) is 4.70 Å². The Morgan fingerprint density at radius 3 is 2.89 bits per heavy atom. The van der Waals surface area contributed by atoms with Crippen molar-refractivity contribution in [1.82, 2.24) is 4.98 Å². The molecule has 0 spiro atoms. The molecule has 0 bridgehead atoms. The smallest absolute Gasteiger partial charge is 0.135 e. The first kappa shape index (κ1) is 9.85. The summed E-state index contributed by atoms with van der Waals surface area (Å²) in [5.41, 5.74) is 4.89. The van der Waals surface area contributed by atoms with Gasteiger partial charge in [0.05, 0.1) is 15.7 Å². The van der Waals surface area contributed by atoms with Crippen molar-refractivity contribution in [3.8, 4) is 11.3 Å². The van der Waals surface area contributed by atoms with Crippen LogP contribution in [0.25, 0.3) is 32.5 Å². The number of fused-ring (bicyclic) bond motifs is 2. The SMILES string of the molecule is c1ccc2oc(-c3ccc4scnc4c3)cc2c1. The zero-order chi connectivity index (χ0) is 11.9. The van der Waals surface area contributed by atoms with Crippen LogP contribution in [0.5, 0.6) is 0 Å². The van der Waals surface area contributed by atoms with Gasteiger partial charge in [-0.3, -0.25) is 0 Å². The van der Waals surface area contributed by atoms with E-state index in [1.807, 2.05) is 23.7 Å². The predicted octanol–water partition coefficient (Wildman–Crippen LogP) is 4.71. The molecule has 2 nitrogen and oxygen atoms in total. The minimum absolute atomic E-state index is 0.895. The van der Waals surface area contributed by atoms with Crippen LogP contribution in [0.4, 0.5) is 0 Å². The van der Waals surface area contributed by atoms with Crippen LogP contribution < -0.4 is 0 Å². The number of hydrogen-bond acceptors (Lipinski definition) is 3. The molecule has 0 aliphatic heterocycles.